The molecule has 2 heteroatoms. The molecule has 0 bridgehead atoms. The first-order chi connectivity index (χ1) is 12.4. The monoisotopic (exact) mass is 335 g/mol. The maximum atomic E-state index is 4.90. The van der Waals surface area contributed by atoms with Crippen LogP contribution in [0, 0.1) is 0 Å². The van der Waals surface area contributed by atoms with Crippen molar-refractivity contribution in [3.05, 3.63) is 78.9 Å². The summed E-state index contributed by atoms with van der Waals surface area (Å²) in [6, 6.07) is 28.3. The number of pyridine rings is 1. The molecule has 6 aromatic rings. The molecule has 0 radical (unpaired) electrons. The van der Waals surface area contributed by atoms with Crippen LogP contribution < -0.4 is 0 Å². The van der Waals surface area contributed by atoms with E-state index in [4.69, 9.17) is 4.98 Å². The minimum absolute atomic E-state index is 1.07. The lowest BCUT2D eigenvalue weighted by atomic mass is 9.99. The molecule has 0 fully saturated rings. The first-order valence-electron chi connectivity index (χ1n) is 8.40. The zero-order chi connectivity index (χ0) is 16.4. The molecule has 4 aromatic carbocycles. The maximum Gasteiger partial charge on any atom is 0.125 e. The molecule has 6 rings (SSSR count). The van der Waals surface area contributed by atoms with E-state index >= 15 is 0 Å². The second-order valence-electron chi connectivity index (χ2n) is 6.50. The highest BCUT2D eigenvalue weighted by Crippen LogP contribution is 2.39. The van der Waals surface area contributed by atoms with Crippen LogP contribution in [0.1, 0.15) is 0 Å². The minimum Gasteiger partial charge on any atom is -0.237 e. The van der Waals surface area contributed by atoms with Gasteiger partial charge >= 0.3 is 0 Å². The van der Waals surface area contributed by atoms with Crippen molar-refractivity contribution in [3.8, 4) is 0 Å². The lowest BCUT2D eigenvalue weighted by Gasteiger charge is -2.04. The van der Waals surface area contributed by atoms with Crippen LogP contribution >= 0.6 is 11.3 Å². The lowest BCUT2D eigenvalue weighted by molar-refractivity contribution is 1.54. The van der Waals surface area contributed by atoms with Crippen LogP contribution in [0.4, 0.5) is 0 Å². The Morgan fingerprint density at radius 2 is 1.32 bits per heavy atom. The number of hydrogen-bond donors (Lipinski definition) is 0. The molecule has 0 saturated heterocycles. The lowest BCUT2D eigenvalue weighted by Crippen LogP contribution is -1.80. The number of benzene rings is 4. The van der Waals surface area contributed by atoms with Gasteiger partial charge in [-0.1, -0.05) is 48.5 Å². The Kier molecular flexibility index (Phi) is 2.55. The Morgan fingerprint density at radius 1 is 0.600 bits per heavy atom. The highest BCUT2D eigenvalue weighted by Gasteiger charge is 2.11. The predicted octanol–water partition coefficient (Wildman–Crippen LogP) is 6.91. The summed E-state index contributed by atoms with van der Waals surface area (Å²) in [5, 5.41) is 8.99. The van der Waals surface area contributed by atoms with Gasteiger partial charge in [-0.3, -0.25) is 0 Å². The fraction of sp³-hybridized carbons (Fsp3) is 0. The van der Waals surface area contributed by atoms with Gasteiger partial charge in [0.1, 0.15) is 4.83 Å². The van der Waals surface area contributed by atoms with E-state index in [9.17, 15) is 0 Å². The second kappa shape index (κ2) is 4.78. The normalized spacial score (nSPS) is 12.0. The van der Waals surface area contributed by atoms with E-state index in [1.54, 1.807) is 11.3 Å². The summed E-state index contributed by atoms with van der Waals surface area (Å²) in [6.45, 7) is 0. The fourth-order valence-corrected chi connectivity index (χ4v) is 4.90. The van der Waals surface area contributed by atoms with Gasteiger partial charge in [0.05, 0.1) is 5.52 Å². The van der Waals surface area contributed by atoms with E-state index < -0.39 is 0 Å². The van der Waals surface area contributed by atoms with Gasteiger partial charge in [-0.05, 0) is 51.9 Å². The van der Waals surface area contributed by atoms with Crippen molar-refractivity contribution in [2.24, 2.45) is 0 Å². The van der Waals surface area contributed by atoms with Crippen LogP contribution in [0.3, 0.4) is 0 Å². The Hall–Kier alpha value is -2.97. The van der Waals surface area contributed by atoms with Gasteiger partial charge in [-0.2, -0.15) is 0 Å². The van der Waals surface area contributed by atoms with Crippen molar-refractivity contribution < 1.29 is 0 Å². The van der Waals surface area contributed by atoms with Gasteiger partial charge in [0.2, 0.25) is 0 Å². The van der Waals surface area contributed by atoms with Gasteiger partial charge in [0, 0.05) is 20.9 Å². The number of aromatic nitrogens is 1. The molecule has 0 amide bonds. The fourth-order valence-electron chi connectivity index (χ4n) is 3.82. The second-order valence-corrected chi connectivity index (χ2v) is 7.53. The summed E-state index contributed by atoms with van der Waals surface area (Å²) < 4.78 is 1.31. The summed E-state index contributed by atoms with van der Waals surface area (Å²) >= 11 is 1.79. The van der Waals surface area contributed by atoms with E-state index in [0.717, 1.165) is 10.3 Å². The number of nitrogens with zero attached hydrogens (tertiary/aromatic N) is 1. The zero-order valence-electron chi connectivity index (χ0n) is 13.4. The third-order valence-electron chi connectivity index (χ3n) is 5.01. The molecule has 2 aromatic heterocycles. The summed E-state index contributed by atoms with van der Waals surface area (Å²) in [6.07, 6.45) is 0. The molecule has 0 N–H and O–H groups in total. The van der Waals surface area contributed by atoms with Gasteiger partial charge in [0.15, 0.2) is 0 Å². The first-order valence-corrected chi connectivity index (χ1v) is 9.22. The van der Waals surface area contributed by atoms with Crippen molar-refractivity contribution in [1.29, 1.82) is 0 Å². The van der Waals surface area contributed by atoms with Crippen molar-refractivity contribution in [3.63, 3.8) is 0 Å². The molecule has 2 heterocycles. The Labute approximate surface area is 148 Å². The third-order valence-corrected chi connectivity index (χ3v) is 6.08. The topological polar surface area (TPSA) is 12.9 Å². The molecule has 0 spiro atoms. The SMILES string of the molecule is c1ccc2cc3c(ccc4sc5nc6ccccc6cc5c43)cc2c1. The Balaban J connectivity index is 1.86. The summed E-state index contributed by atoms with van der Waals surface area (Å²) in [7, 11) is 0. The Bertz CT molecular complexity index is 1430. The zero-order valence-corrected chi connectivity index (χ0v) is 14.2. The highest BCUT2D eigenvalue weighted by molar-refractivity contribution is 7.25. The Morgan fingerprint density at radius 3 is 2.20 bits per heavy atom. The van der Waals surface area contributed by atoms with Crippen LogP contribution in [0.2, 0.25) is 0 Å². The molecule has 25 heavy (non-hydrogen) atoms. The van der Waals surface area contributed by atoms with E-state index in [1.165, 1.54) is 42.4 Å². The molecule has 1 nitrogen and oxygen atoms in total. The van der Waals surface area contributed by atoms with Crippen molar-refractivity contribution in [1.82, 2.24) is 4.98 Å². The van der Waals surface area contributed by atoms with Crippen molar-refractivity contribution in [2.45, 2.75) is 0 Å². The third kappa shape index (κ3) is 1.86. The average molecular weight is 335 g/mol. The van der Waals surface area contributed by atoms with E-state index in [1.807, 2.05) is 0 Å². The van der Waals surface area contributed by atoms with E-state index in [0.29, 0.717) is 0 Å². The van der Waals surface area contributed by atoms with Gasteiger partial charge in [0.25, 0.3) is 0 Å². The molecule has 116 valence electrons. The van der Waals surface area contributed by atoms with Crippen molar-refractivity contribution >= 4 is 64.1 Å². The summed E-state index contributed by atoms with van der Waals surface area (Å²) in [5.74, 6) is 0. The number of thiophene rings is 1. The van der Waals surface area contributed by atoms with Crippen LogP contribution in [-0.2, 0) is 0 Å². The van der Waals surface area contributed by atoms with Crippen LogP contribution in [0.5, 0.6) is 0 Å². The van der Waals surface area contributed by atoms with E-state index in [-0.39, 0.29) is 0 Å². The quantitative estimate of drug-likeness (QED) is 0.275. The molecule has 0 saturated carbocycles. The number of fused-ring (bicyclic) bond motifs is 7. The molecule has 0 unspecified atom stereocenters. The van der Waals surface area contributed by atoms with Gasteiger partial charge in [-0.25, -0.2) is 4.98 Å². The molecular formula is C23H13NS. The van der Waals surface area contributed by atoms with Crippen LogP contribution in [0.15, 0.2) is 78.9 Å². The predicted molar refractivity (Wildman–Crippen MR) is 110 cm³/mol. The number of hydrogen-bond acceptors (Lipinski definition) is 2. The molecular weight excluding hydrogens is 322 g/mol. The van der Waals surface area contributed by atoms with Crippen LogP contribution in [0.25, 0.3) is 52.8 Å². The minimum atomic E-state index is 1.07. The smallest absolute Gasteiger partial charge is 0.125 e. The number of rotatable bonds is 0. The summed E-state index contributed by atoms with van der Waals surface area (Å²) in [4.78, 5) is 6.02. The van der Waals surface area contributed by atoms with Crippen LogP contribution in [-0.4, -0.2) is 4.98 Å². The molecule has 0 aliphatic rings. The van der Waals surface area contributed by atoms with E-state index in [2.05, 4.69) is 78.9 Å². The highest BCUT2D eigenvalue weighted by atomic mass is 32.1. The largest absolute Gasteiger partial charge is 0.237 e. The average Bonchev–Trinajstić information content (AvgIpc) is 3.02. The molecule has 0 aliphatic heterocycles. The first kappa shape index (κ1) is 13.3. The number of para-hydroxylation sites is 1. The summed E-state index contributed by atoms with van der Waals surface area (Å²) in [5.41, 5.74) is 1.07. The molecule has 0 aliphatic carbocycles. The van der Waals surface area contributed by atoms with Gasteiger partial charge < -0.3 is 0 Å². The van der Waals surface area contributed by atoms with Crippen molar-refractivity contribution in [2.75, 3.05) is 0 Å². The standard InChI is InChI=1S/C23H13NS/c1-2-6-15-12-18-16(11-14(15)5-1)9-10-21-22(18)19-13-17-7-3-4-8-20(17)24-23(19)25-21/h1-13H. The maximum absolute atomic E-state index is 4.90. The molecule has 0 atom stereocenters. The van der Waals surface area contributed by atoms with Gasteiger partial charge in [-0.15, -0.1) is 11.3 Å².